The SMILES string of the molecule is Cc1c(Cl)c2ccccn2c1C(C)(C)CC(=O)O. The van der Waals surface area contributed by atoms with Crippen LogP contribution in [-0.4, -0.2) is 15.5 Å². The Balaban J connectivity index is 2.71. The van der Waals surface area contributed by atoms with E-state index in [0.717, 1.165) is 16.8 Å². The highest BCUT2D eigenvalue weighted by Gasteiger charge is 2.30. The number of hydrogen-bond donors (Lipinski definition) is 1. The number of carbonyl (C=O) groups is 1. The minimum Gasteiger partial charge on any atom is -0.481 e. The average molecular weight is 266 g/mol. The zero-order valence-electron chi connectivity index (χ0n) is 10.7. The smallest absolute Gasteiger partial charge is 0.304 e. The van der Waals surface area contributed by atoms with Crippen LogP contribution in [0.1, 0.15) is 31.5 Å². The van der Waals surface area contributed by atoms with Crippen LogP contribution in [0.15, 0.2) is 24.4 Å². The van der Waals surface area contributed by atoms with Crippen LogP contribution in [0.3, 0.4) is 0 Å². The first kappa shape index (κ1) is 13.0. The third-order valence-electron chi connectivity index (χ3n) is 3.24. The molecule has 0 unspecified atom stereocenters. The number of aromatic nitrogens is 1. The molecule has 0 saturated carbocycles. The van der Waals surface area contributed by atoms with Crippen molar-refractivity contribution in [2.75, 3.05) is 0 Å². The number of fused-ring (bicyclic) bond motifs is 1. The number of carboxylic acids is 1. The minimum absolute atomic E-state index is 0.0746. The normalized spacial score (nSPS) is 12.0. The van der Waals surface area contributed by atoms with Gasteiger partial charge in [0.05, 0.1) is 17.0 Å². The summed E-state index contributed by atoms with van der Waals surface area (Å²) in [5.74, 6) is -0.804. The lowest BCUT2D eigenvalue weighted by Gasteiger charge is -2.24. The van der Waals surface area contributed by atoms with E-state index < -0.39 is 11.4 Å². The average Bonchev–Trinajstić information content (AvgIpc) is 2.51. The van der Waals surface area contributed by atoms with Gasteiger partial charge in [0, 0.05) is 17.3 Å². The molecule has 0 atom stereocenters. The maximum Gasteiger partial charge on any atom is 0.304 e. The molecule has 2 aromatic rings. The van der Waals surface area contributed by atoms with E-state index in [1.54, 1.807) is 0 Å². The van der Waals surface area contributed by atoms with Crippen molar-refractivity contribution < 1.29 is 9.90 Å². The Morgan fingerprint density at radius 1 is 1.44 bits per heavy atom. The monoisotopic (exact) mass is 265 g/mol. The van der Waals surface area contributed by atoms with Gasteiger partial charge in [-0.1, -0.05) is 31.5 Å². The van der Waals surface area contributed by atoms with E-state index in [0.29, 0.717) is 5.02 Å². The third kappa shape index (κ3) is 1.99. The zero-order chi connectivity index (χ0) is 13.5. The molecule has 0 aromatic carbocycles. The molecule has 0 amide bonds. The Morgan fingerprint density at radius 3 is 2.72 bits per heavy atom. The first-order chi connectivity index (χ1) is 8.34. The van der Waals surface area contributed by atoms with Crippen LogP contribution in [0.4, 0.5) is 0 Å². The highest BCUT2D eigenvalue weighted by Crippen LogP contribution is 2.37. The second kappa shape index (κ2) is 4.32. The van der Waals surface area contributed by atoms with E-state index in [4.69, 9.17) is 16.7 Å². The van der Waals surface area contributed by atoms with E-state index in [9.17, 15) is 4.79 Å². The number of carboxylic acid groups (broad SMARTS) is 1. The second-order valence-corrected chi connectivity index (χ2v) is 5.58. The van der Waals surface area contributed by atoms with Gasteiger partial charge in [-0.05, 0) is 24.6 Å². The third-order valence-corrected chi connectivity index (χ3v) is 3.72. The quantitative estimate of drug-likeness (QED) is 0.920. The van der Waals surface area contributed by atoms with Gasteiger partial charge >= 0.3 is 5.97 Å². The molecule has 0 aliphatic rings. The molecular formula is C14H16ClNO2. The number of halogens is 1. The molecule has 4 heteroatoms. The fourth-order valence-electron chi connectivity index (χ4n) is 2.59. The number of pyridine rings is 1. The Labute approximate surface area is 111 Å². The van der Waals surface area contributed by atoms with Crippen LogP contribution < -0.4 is 0 Å². The molecule has 96 valence electrons. The van der Waals surface area contributed by atoms with Gasteiger partial charge in [0.1, 0.15) is 0 Å². The van der Waals surface area contributed by atoms with Gasteiger partial charge in [0.15, 0.2) is 0 Å². The Hall–Kier alpha value is -1.48. The Kier molecular flexibility index (Phi) is 3.11. The van der Waals surface area contributed by atoms with Crippen molar-refractivity contribution >= 4 is 23.1 Å². The van der Waals surface area contributed by atoms with Crippen molar-refractivity contribution in [2.24, 2.45) is 0 Å². The van der Waals surface area contributed by atoms with Crippen molar-refractivity contribution in [3.8, 4) is 0 Å². The fraction of sp³-hybridized carbons (Fsp3) is 0.357. The molecule has 0 aliphatic carbocycles. The van der Waals surface area contributed by atoms with Crippen molar-refractivity contribution in [3.63, 3.8) is 0 Å². The van der Waals surface area contributed by atoms with Gasteiger partial charge in [0.25, 0.3) is 0 Å². The summed E-state index contributed by atoms with van der Waals surface area (Å²) in [6, 6.07) is 5.79. The Morgan fingerprint density at radius 2 is 2.11 bits per heavy atom. The zero-order valence-corrected chi connectivity index (χ0v) is 11.5. The molecule has 2 heterocycles. The van der Waals surface area contributed by atoms with Crippen LogP contribution in [0.25, 0.3) is 5.52 Å². The second-order valence-electron chi connectivity index (χ2n) is 5.20. The molecule has 0 bridgehead atoms. The number of aliphatic carboxylic acids is 1. The van der Waals surface area contributed by atoms with Gasteiger partial charge in [-0.25, -0.2) is 0 Å². The molecule has 2 aromatic heterocycles. The fourth-order valence-corrected chi connectivity index (χ4v) is 2.83. The highest BCUT2D eigenvalue weighted by molar-refractivity contribution is 6.35. The Bertz CT molecular complexity index is 614. The molecule has 3 nitrogen and oxygen atoms in total. The lowest BCUT2D eigenvalue weighted by Crippen LogP contribution is -2.24. The molecule has 18 heavy (non-hydrogen) atoms. The molecule has 1 N–H and O–H groups in total. The van der Waals surface area contributed by atoms with E-state index in [-0.39, 0.29) is 6.42 Å². The number of rotatable bonds is 3. The summed E-state index contributed by atoms with van der Waals surface area (Å²) < 4.78 is 1.99. The van der Waals surface area contributed by atoms with Gasteiger partial charge in [0.2, 0.25) is 0 Å². The van der Waals surface area contributed by atoms with Gasteiger partial charge in [-0.15, -0.1) is 0 Å². The van der Waals surface area contributed by atoms with Crippen LogP contribution >= 0.6 is 11.6 Å². The first-order valence-electron chi connectivity index (χ1n) is 5.82. The summed E-state index contributed by atoms with van der Waals surface area (Å²) in [5, 5.41) is 9.74. The van der Waals surface area contributed by atoms with Crippen molar-refractivity contribution in [3.05, 3.63) is 40.7 Å². The van der Waals surface area contributed by atoms with Crippen LogP contribution in [-0.2, 0) is 10.2 Å². The lowest BCUT2D eigenvalue weighted by molar-refractivity contribution is -0.138. The summed E-state index contributed by atoms with van der Waals surface area (Å²) in [7, 11) is 0. The van der Waals surface area contributed by atoms with E-state index in [2.05, 4.69) is 0 Å². The van der Waals surface area contributed by atoms with Crippen LogP contribution in [0, 0.1) is 6.92 Å². The maximum atomic E-state index is 11.0. The number of nitrogens with zero attached hydrogens (tertiary/aromatic N) is 1. The topological polar surface area (TPSA) is 41.7 Å². The summed E-state index contributed by atoms with van der Waals surface area (Å²) >= 11 is 6.32. The van der Waals surface area contributed by atoms with Crippen LogP contribution in [0.5, 0.6) is 0 Å². The highest BCUT2D eigenvalue weighted by atomic mass is 35.5. The summed E-state index contributed by atoms with van der Waals surface area (Å²) in [4.78, 5) is 11.0. The van der Waals surface area contributed by atoms with E-state index >= 15 is 0 Å². The van der Waals surface area contributed by atoms with Crippen molar-refractivity contribution in [2.45, 2.75) is 32.6 Å². The minimum atomic E-state index is -0.804. The van der Waals surface area contributed by atoms with Crippen molar-refractivity contribution in [1.29, 1.82) is 0 Å². The first-order valence-corrected chi connectivity index (χ1v) is 6.20. The van der Waals surface area contributed by atoms with Crippen molar-refractivity contribution in [1.82, 2.24) is 4.40 Å². The standard InChI is InChI=1S/C14H16ClNO2/c1-9-12(15)10-6-4-5-7-16(10)13(9)14(2,3)8-11(17)18/h4-7H,8H2,1-3H3,(H,17,18). The molecular weight excluding hydrogens is 250 g/mol. The molecule has 0 aliphatic heterocycles. The molecule has 0 fully saturated rings. The van der Waals surface area contributed by atoms with E-state index in [1.165, 1.54) is 0 Å². The van der Waals surface area contributed by atoms with Gasteiger partial charge in [-0.2, -0.15) is 0 Å². The maximum absolute atomic E-state index is 11.0. The van der Waals surface area contributed by atoms with Crippen LogP contribution in [0.2, 0.25) is 5.02 Å². The largest absolute Gasteiger partial charge is 0.481 e. The molecule has 0 spiro atoms. The lowest BCUT2D eigenvalue weighted by atomic mass is 9.84. The summed E-state index contributed by atoms with van der Waals surface area (Å²) in [6.45, 7) is 5.80. The number of hydrogen-bond acceptors (Lipinski definition) is 1. The molecule has 0 radical (unpaired) electrons. The predicted octanol–water partition coefficient (Wildman–Crippen LogP) is 3.65. The molecule has 0 saturated heterocycles. The predicted molar refractivity (Wildman–Crippen MR) is 72.4 cm³/mol. The van der Waals surface area contributed by atoms with Gasteiger partial charge in [-0.3, -0.25) is 4.79 Å². The van der Waals surface area contributed by atoms with Gasteiger partial charge < -0.3 is 9.51 Å². The summed E-state index contributed by atoms with van der Waals surface area (Å²) in [6.07, 6.45) is 2.00. The summed E-state index contributed by atoms with van der Waals surface area (Å²) in [5.41, 5.74) is 2.37. The molecule has 2 rings (SSSR count). The van der Waals surface area contributed by atoms with E-state index in [1.807, 2.05) is 49.6 Å².